The van der Waals surface area contributed by atoms with Gasteiger partial charge in [-0.25, -0.2) is 9.97 Å². The van der Waals surface area contributed by atoms with Crippen molar-refractivity contribution in [1.82, 2.24) is 34.8 Å². The van der Waals surface area contributed by atoms with Gasteiger partial charge >= 0.3 is 0 Å². The number of rotatable bonds is 4. The maximum absolute atomic E-state index is 12.4. The lowest BCUT2D eigenvalue weighted by molar-refractivity contribution is -0.127. The van der Waals surface area contributed by atoms with E-state index in [1.165, 1.54) is 6.33 Å². The van der Waals surface area contributed by atoms with Gasteiger partial charge in [0.15, 0.2) is 5.65 Å². The summed E-state index contributed by atoms with van der Waals surface area (Å²) in [4.78, 5) is 22.7. The fraction of sp³-hybridized carbons (Fsp3) is 0.471. The molecule has 1 saturated heterocycles. The summed E-state index contributed by atoms with van der Waals surface area (Å²) >= 11 is 0. The van der Waals surface area contributed by atoms with Gasteiger partial charge in [0, 0.05) is 44.2 Å². The Morgan fingerprint density at radius 3 is 2.85 bits per heavy atom. The van der Waals surface area contributed by atoms with Gasteiger partial charge in [-0.3, -0.25) is 14.6 Å². The molecule has 9 heteroatoms. The van der Waals surface area contributed by atoms with Crippen LogP contribution in [0.1, 0.15) is 29.4 Å². The molecular formula is C17H22N8O. The maximum Gasteiger partial charge on any atom is 0.223 e. The number of carbonyl (C=O) groups excluding carboxylic acids is 1. The molecule has 4 rings (SSSR count). The van der Waals surface area contributed by atoms with Crippen molar-refractivity contribution in [2.24, 2.45) is 13.0 Å². The van der Waals surface area contributed by atoms with E-state index in [-0.39, 0.29) is 17.9 Å². The second-order valence-corrected chi connectivity index (χ2v) is 6.86. The fourth-order valence-corrected chi connectivity index (χ4v) is 3.92. The molecule has 0 bridgehead atoms. The second-order valence-electron chi connectivity index (χ2n) is 6.86. The highest BCUT2D eigenvalue weighted by Crippen LogP contribution is 2.39. The minimum Gasteiger partial charge on any atom is -0.369 e. The summed E-state index contributed by atoms with van der Waals surface area (Å²) in [5.41, 5.74) is 3.90. The van der Waals surface area contributed by atoms with Gasteiger partial charge in [-0.2, -0.15) is 10.2 Å². The zero-order valence-electron chi connectivity index (χ0n) is 15.3. The number of aromatic amines is 1. The molecule has 0 saturated carbocycles. The number of carbonyl (C=O) groups is 1. The van der Waals surface area contributed by atoms with Gasteiger partial charge in [0.1, 0.15) is 12.1 Å². The number of likely N-dealkylation sites (tertiary alicyclic amines) is 1. The predicted octanol–water partition coefficient (Wildman–Crippen LogP) is 1.33. The molecular weight excluding hydrogens is 332 g/mol. The normalized spacial score (nSPS) is 20.3. The molecule has 9 nitrogen and oxygen atoms in total. The van der Waals surface area contributed by atoms with Crippen LogP contribution < -0.4 is 5.32 Å². The Labute approximate surface area is 150 Å². The van der Waals surface area contributed by atoms with Crippen LogP contribution in [-0.2, 0) is 11.8 Å². The lowest BCUT2D eigenvalue weighted by atomic mass is 9.92. The molecule has 2 N–H and O–H groups in total. The summed E-state index contributed by atoms with van der Waals surface area (Å²) in [6.45, 7) is 4.69. The molecule has 0 radical (unpaired) electrons. The van der Waals surface area contributed by atoms with Gasteiger partial charge in [0.05, 0.1) is 23.3 Å². The predicted molar refractivity (Wildman–Crippen MR) is 96.5 cm³/mol. The van der Waals surface area contributed by atoms with Crippen molar-refractivity contribution in [2.75, 3.05) is 18.9 Å². The number of aromatic nitrogens is 6. The van der Waals surface area contributed by atoms with E-state index >= 15 is 0 Å². The highest BCUT2D eigenvalue weighted by Gasteiger charge is 2.40. The number of H-pyrrole nitrogens is 1. The summed E-state index contributed by atoms with van der Waals surface area (Å²) < 4.78 is 1.88. The monoisotopic (exact) mass is 354 g/mol. The van der Waals surface area contributed by atoms with Gasteiger partial charge in [-0.15, -0.1) is 0 Å². The lowest BCUT2D eigenvalue weighted by Gasteiger charge is -2.26. The molecule has 1 aliphatic rings. The van der Waals surface area contributed by atoms with E-state index in [1.807, 2.05) is 30.6 Å². The van der Waals surface area contributed by atoms with Gasteiger partial charge in [0.2, 0.25) is 5.91 Å². The Bertz CT molecular complexity index is 974. The largest absolute Gasteiger partial charge is 0.369 e. The summed E-state index contributed by atoms with van der Waals surface area (Å²) in [6, 6.07) is 0.00498. The summed E-state index contributed by atoms with van der Waals surface area (Å²) in [7, 11) is 3.81. The molecule has 1 fully saturated rings. The molecule has 0 aliphatic carbocycles. The second kappa shape index (κ2) is 6.08. The van der Waals surface area contributed by atoms with Gasteiger partial charge in [0.25, 0.3) is 0 Å². The third kappa shape index (κ3) is 2.51. The number of hydrogen-bond acceptors (Lipinski definition) is 6. The first-order chi connectivity index (χ1) is 12.5. The van der Waals surface area contributed by atoms with Crippen LogP contribution in [-0.4, -0.2) is 54.3 Å². The van der Waals surface area contributed by atoms with Gasteiger partial charge < -0.3 is 10.2 Å². The van der Waals surface area contributed by atoms with Crippen LogP contribution in [0.25, 0.3) is 11.0 Å². The Morgan fingerprint density at radius 1 is 1.31 bits per heavy atom. The number of anilines is 1. The van der Waals surface area contributed by atoms with E-state index in [0.717, 1.165) is 28.2 Å². The molecule has 3 aromatic heterocycles. The Hall–Kier alpha value is -2.97. The lowest BCUT2D eigenvalue weighted by Crippen LogP contribution is -2.27. The van der Waals surface area contributed by atoms with Crippen molar-refractivity contribution in [3.05, 3.63) is 29.5 Å². The number of fused-ring (bicyclic) bond motifs is 1. The van der Waals surface area contributed by atoms with Crippen LogP contribution in [0.4, 0.5) is 5.82 Å². The van der Waals surface area contributed by atoms with Gasteiger partial charge in [-0.05, 0) is 13.8 Å². The summed E-state index contributed by atoms with van der Waals surface area (Å²) in [5, 5.41) is 15.6. The summed E-state index contributed by atoms with van der Waals surface area (Å²) in [6.07, 6.45) is 3.71. The van der Waals surface area contributed by atoms with Crippen LogP contribution in [0.15, 0.2) is 12.5 Å². The Morgan fingerprint density at radius 2 is 2.12 bits per heavy atom. The highest BCUT2D eigenvalue weighted by molar-refractivity contribution is 5.85. The van der Waals surface area contributed by atoms with Gasteiger partial charge in [-0.1, -0.05) is 0 Å². The number of nitrogens with one attached hydrogen (secondary N) is 2. The number of aryl methyl sites for hydroxylation is 2. The molecule has 1 aliphatic heterocycles. The fourth-order valence-electron chi connectivity index (χ4n) is 3.92. The van der Waals surface area contributed by atoms with Crippen LogP contribution in [0, 0.1) is 19.8 Å². The van der Waals surface area contributed by atoms with Crippen LogP contribution >= 0.6 is 0 Å². The molecule has 0 unspecified atom stereocenters. The Kier molecular flexibility index (Phi) is 3.86. The molecule has 3 aromatic rings. The molecule has 4 heterocycles. The zero-order valence-corrected chi connectivity index (χ0v) is 15.3. The first-order valence-electron chi connectivity index (χ1n) is 8.61. The van der Waals surface area contributed by atoms with Crippen molar-refractivity contribution in [3.8, 4) is 0 Å². The summed E-state index contributed by atoms with van der Waals surface area (Å²) in [5.74, 6) is 1.01. The third-order valence-electron chi connectivity index (χ3n) is 5.33. The van der Waals surface area contributed by atoms with Crippen molar-refractivity contribution in [3.63, 3.8) is 0 Å². The average Bonchev–Trinajstić information content (AvgIpc) is 3.26. The van der Waals surface area contributed by atoms with Crippen molar-refractivity contribution >= 4 is 22.8 Å². The molecule has 0 spiro atoms. The molecule has 0 aromatic carbocycles. The number of nitrogens with zero attached hydrogens (tertiary/aromatic N) is 6. The average molecular weight is 354 g/mol. The SMILES string of the molecule is Cc1nn(C)c(C)c1[C@H]1[C@H](CNc2ncnc3[nH]ncc23)CC(=O)N1C. The van der Waals surface area contributed by atoms with E-state index in [4.69, 9.17) is 0 Å². The standard InChI is InChI=1S/C17H22N8O/c1-9-14(10(2)25(4)23-9)15-11(5-13(26)24(15)3)6-18-16-12-7-21-22-17(12)20-8-19-16/h7-8,11,15H,5-6H2,1-4H3,(H2,18,19,20,21,22)/t11-,15+/m0/s1. The van der Waals surface area contributed by atoms with Crippen LogP contribution in [0.3, 0.4) is 0 Å². The first kappa shape index (κ1) is 16.5. The van der Waals surface area contributed by atoms with Crippen molar-refractivity contribution in [2.45, 2.75) is 26.3 Å². The van der Waals surface area contributed by atoms with Crippen molar-refractivity contribution < 1.29 is 4.79 Å². The first-order valence-corrected chi connectivity index (χ1v) is 8.61. The number of amides is 1. The molecule has 26 heavy (non-hydrogen) atoms. The third-order valence-corrected chi connectivity index (χ3v) is 5.33. The van der Waals surface area contributed by atoms with E-state index in [2.05, 4.69) is 37.5 Å². The Balaban J connectivity index is 1.62. The van der Waals surface area contributed by atoms with Crippen LogP contribution in [0.5, 0.6) is 0 Å². The highest BCUT2D eigenvalue weighted by atomic mass is 16.2. The van der Waals surface area contributed by atoms with E-state index in [0.29, 0.717) is 18.6 Å². The molecule has 1 amide bonds. The minimum atomic E-state index is 0.00498. The van der Waals surface area contributed by atoms with E-state index in [9.17, 15) is 4.79 Å². The zero-order chi connectivity index (χ0) is 18.4. The smallest absolute Gasteiger partial charge is 0.223 e. The minimum absolute atomic E-state index is 0.00498. The quantitative estimate of drug-likeness (QED) is 0.732. The topological polar surface area (TPSA) is 105 Å². The maximum atomic E-state index is 12.4. The molecule has 136 valence electrons. The van der Waals surface area contributed by atoms with E-state index < -0.39 is 0 Å². The van der Waals surface area contributed by atoms with E-state index in [1.54, 1.807) is 6.20 Å². The van der Waals surface area contributed by atoms with Crippen LogP contribution in [0.2, 0.25) is 0 Å². The number of hydrogen-bond donors (Lipinski definition) is 2. The van der Waals surface area contributed by atoms with Crippen molar-refractivity contribution in [1.29, 1.82) is 0 Å². The molecule has 2 atom stereocenters.